The Bertz CT molecular complexity index is 1460. The van der Waals surface area contributed by atoms with Crippen molar-refractivity contribution in [1.82, 2.24) is 4.72 Å². The van der Waals surface area contributed by atoms with Crippen molar-refractivity contribution < 1.29 is 41.0 Å². The summed E-state index contributed by atoms with van der Waals surface area (Å²) in [5.74, 6) is -1.26. The first-order chi connectivity index (χ1) is 17.7. The van der Waals surface area contributed by atoms with Crippen LogP contribution in [0, 0.1) is 0 Å². The normalized spacial score (nSPS) is 18.7. The largest absolute Gasteiger partial charge is 0.573 e. The number of carbonyl (C=O) groups excluding carboxylic acids is 1. The van der Waals surface area contributed by atoms with Gasteiger partial charge in [-0.05, 0) is 68.4 Å². The number of sulfonamides is 1. The number of amides is 1. The zero-order chi connectivity index (χ0) is 27.9. The van der Waals surface area contributed by atoms with Gasteiger partial charge in [0.2, 0.25) is 10.0 Å². The third-order valence-corrected chi connectivity index (χ3v) is 7.77. The van der Waals surface area contributed by atoms with Crippen LogP contribution in [0.25, 0.3) is 0 Å². The highest BCUT2D eigenvalue weighted by atomic mass is 79.9. The molecule has 0 spiro atoms. The van der Waals surface area contributed by atoms with Gasteiger partial charge < -0.3 is 19.9 Å². The first kappa shape index (κ1) is 27.9. The molecule has 38 heavy (non-hydrogen) atoms. The van der Waals surface area contributed by atoms with Gasteiger partial charge in [0.25, 0.3) is 5.91 Å². The third-order valence-electron chi connectivity index (χ3n) is 5.76. The fraction of sp³-hybridized carbons (Fsp3) is 0.240. The fourth-order valence-electron chi connectivity index (χ4n) is 3.92. The molecule has 4 rings (SSSR count). The van der Waals surface area contributed by atoms with E-state index >= 15 is 0 Å². The van der Waals surface area contributed by atoms with Crippen LogP contribution in [0.5, 0.6) is 11.5 Å². The molecule has 1 amide bonds. The molecule has 3 aromatic rings. The second-order valence-electron chi connectivity index (χ2n) is 8.96. The van der Waals surface area contributed by atoms with Crippen molar-refractivity contribution in [1.29, 1.82) is 0 Å². The number of rotatable bonds is 6. The summed E-state index contributed by atoms with van der Waals surface area (Å²) in [6.45, 7) is 3.05. The lowest BCUT2D eigenvalue weighted by Crippen LogP contribution is -2.53. The molecule has 0 saturated heterocycles. The molecular formula is C25H22BrF3N2O6S. The number of fused-ring (bicyclic) bond motifs is 1. The molecule has 0 fully saturated rings. The zero-order valence-electron chi connectivity index (χ0n) is 19.9. The van der Waals surface area contributed by atoms with E-state index in [-0.39, 0.29) is 16.9 Å². The summed E-state index contributed by atoms with van der Waals surface area (Å²) in [5.41, 5.74) is -0.527. The number of para-hydroxylation sites is 1. The number of benzene rings is 3. The van der Waals surface area contributed by atoms with Gasteiger partial charge >= 0.3 is 6.36 Å². The van der Waals surface area contributed by atoms with Gasteiger partial charge in [-0.25, -0.2) is 13.1 Å². The number of nitrogens with one attached hydrogen (secondary N) is 2. The number of hydrogen-bond donors (Lipinski definition) is 3. The lowest BCUT2D eigenvalue weighted by molar-refractivity contribution is -0.275. The molecule has 0 aliphatic carbocycles. The quantitative estimate of drug-likeness (QED) is 0.354. The SMILES string of the molecule is CC1(C)Oc2ccc(C(=O)Nc3ccc(Br)cc3)cc2[C@@H](NS(=O)(=O)c2ccccc2OC(F)(F)F)[C@@H]1O. The number of aliphatic hydroxyl groups excluding tert-OH is 1. The van der Waals surface area contributed by atoms with E-state index in [0.717, 1.165) is 16.6 Å². The number of hydrogen-bond acceptors (Lipinski definition) is 6. The van der Waals surface area contributed by atoms with Crippen molar-refractivity contribution in [3.05, 3.63) is 82.3 Å². The monoisotopic (exact) mass is 614 g/mol. The summed E-state index contributed by atoms with van der Waals surface area (Å²) in [4.78, 5) is 12.1. The second-order valence-corrected chi connectivity index (χ2v) is 11.6. The lowest BCUT2D eigenvalue weighted by Gasteiger charge is -2.42. The second kappa shape index (κ2) is 10.2. The summed E-state index contributed by atoms with van der Waals surface area (Å²) in [5, 5.41) is 13.7. The lowest BCUT2D eigenvalue weighted by atomic mass is 9.86. The molecule has 3 N–H and O–H groups in total. The average molecular weight is 615 g/mol. The molecule has 0 radical (unpaired) electrons. The van der Waals surface area contributed by atoms with Crippen LogP contribution in [0.2, 0.25) is 0 Å². The minimum Gasteiger partial charge on any atom is -0.485 e. The predicted octanol–water partition coefficient (Wildman–Crippen LogP) is 5.15. The Morgan fingerprint density at radius 1 is 1.08 bits per heavy atom. The van der Waals surface area contributed by atoms with Crippen LogP contribution in [-0.2, 0) is 10.0 Å². The molecule has 0 bridgehead atoms. The van der Waals surface area contributed by atoms with Crippen LogP contribution >= 0.6 is 15.9 Å². The fourth-order valence-corrected chi connectivity index (χ4v) is 5.53. The Morgan fingerprint density at radius 2 is 1.74 bits per heavy atom. The summed E-state index contributed by atoms with van der Waals surface area (Å²) in [6.07, 6.45) is -6.61. The van der Waals surface area contributed by atoms with Crippen molar-refractivity contribution in [3.8, 4) is 11.5 Å². The molecule has 0 saturated carbocycles. The molecular weight excluding hydrogens is 593 g/mol. The van der Waals surface area contributed by atoms with Gasteiger partial charge in [-0.15, -0.1) is 13.2 Å². The average Bonchev–Trinajstić information content (AvgIpc) is 2.82. The highest BCUT2D eigenvalue weighted by molar-refractivity contribution is 9.10. The minimum absolute atomic E-state index is 0.123. The van der Waals surface area contributed by atoms with Gasteiger partial charge in [-0.2, -0.15) is 0 Å². The molecule has 0 unspecified atom stereocenters. The van der Waals surface area contributed by atoms with Crippen LogP contribution in [0.15, 0.2) is 76.1 Å². The Hall–Kier alpha value is -3.13. The summed E-state index contributed by atoms with van der Waals surface area (Å²) < 4.78 is 78.0. The van der Waals surface area contributed by atoms with Gasteiger partial charge in [0.15, 0.2) is 0 Å². The smallest absolute Gasteiger partial charge is 0.485 e. The Labute approximate surface area is 225 Å². The highest BCUT2D eigenvalue weighted by Gasteiger charge is 2.45. The molecule has 0 aromatic heterocycles. The van der Waals surface area contributed by atoms with Crippen LogP contribution < -0.4 is 19.5 Å². The van der Waals surface area contributed by atoms with E-state index in [1.54, 1.807) is 24.3 Å². The first-order valence-electron chi connectivity index (χ1n) is 11.1. The maximum Gasteiger partial charge on any atom is 0.573 e. The topological polar surface area (TPSA) is 114 Å². The Balaban J connectivity index is 1.70. The molecule has 202 valence electrons. The van der Waals surface area contributed by atoms with E-state index in [4.69, 9.17) is 4.74 Å². The summed E-state index contributed by atoms with van der Waals surface area (Å²) >= 11 is 3.31. The molecule has 1 aliphatic heterocycles. The Morgan fingerprint density at radius 3 is 2.39 bits per heavy atom. The summed E-state index contributed by atoms with van der Waals surface area (Å²) in [6, 6.07) is 14.0. The Kier molecular flexibility index (Phi) is 7.49. The minimum atomic E-state index is -5.13. The predicted molar refractivity (Wildman–Crippen MR) is 135 cm³/mol. The third kappa shape index (κ3) is 6.12. The van der Waals surface area contributed by atoms with Crippen molar-refractivity contribution in [2.45, 2.75) is 42.9 Å². The van der Waals surface area contributed by atoms with Gasteiger partial charge in [0.1, 0.15) is 28.1 Å². The van der Waals surface area contributed by atoms with Crippen molar-refractivity contribution in [3.63, 3.8) is 0 Å². The number of halogens is 4. The van der Waals surface area contributed by atoms with Crippen LogP contribution in [0.1, 0.15) is 35.8 Å². The molecule has 1 heterocycles. The molecule has 13 heteroatoms. The van der Waals surface area contributed by atoms with E-state index < -0.39 is 50.7 Å². The number of carbonyl (C=O) groups is 1. The van der Waals surface area contributed by atoms with Crippen LogP contribution in [-0.4, -0.2) is 37.5 Å². The van der Waals surface area contributed by atoms with E-state index in [2.05, 4.69) is 30.7 Å². The maximum absolute atomic E-state index is 13.3. The standard InChI is InChI=1S/C25H22BrF3N2O6S/c1-24(2)22(32)21(31-38(34,35)20-6-4-3-5-19(20)37-25(27,28)29)17-13-14(7-12-18(17)36-24)23(33)30-16-10-8-15(26)9-11-16/h3-13,21-22,31-32H,1-2H3,(H,30,33)/t21-,22+/m1/s1. The zero-order valence-corrected chi connectivity index (χ0v) is 22.3. The van der Waals surface area contributed by atoms with Crippen molar-refractivity contribution in [2.75, 3.05) is 5.32 Å². The van der Waals surface area contributed by atoms with Crippen molar-refractivity contribution in [2.24, 2.45) is 0 Å². The van der Waals surface area contributed by atoms with Gasteiger partial charge in [-0.1, -0.05) is 28.1 Å². The van der Waals surface area contributed by atoms with Gasteiger partial charge in [-0.3, -0.25) is 4.79 Å². The summed E-state index contributed by atoms with van der Waals surface area (Å²) in [7, 11) is -4.67. The number of anilines is 1. The first-order valence-corrected chi connectivity index (χ1v) is 13.4. The van der Waals surface area contributed by atoms with Gasteiger partial charge in [0, 0.05) is 21.3 Å². The van der Waals surface area contributed by atoms with E-state index in [1.807, 2.05) is 0 Å². The van der Waals surface area contributed by atoms with Crippen LogP contribution in [0.4, 0.5) is 18.9 Å². The van der Waals surface area contributed by atoms with Gasteiger partial charge in [0.05, 0.1) is 6.04 Å². The van der Waals surface area contributed by atoms with Crippen LogP contribution in [0.3, 0.4) is 0 Å². The van der Waals surface area contributed by atoms with E-state index in [0.29, 0.717) is 5.69 Å². The molecule has 2 atom stereocenters. The number of ether oxygens (including phenoxy) is 2. The van der Waals surface area contributed by atoms with Crippen molar-refractivity contribution >= 4 is 37.5 Å². The molecule has 1 aliphatic rings. The number of aliphatic hydroxyl groups is 1. The van der Waals surface area contributed by atoms with E-state index in [9.17, 15) is 31.5 Å². The molecule has 8 nitrogen and oxygen atoms in total. The number of alkyl halides is 3. The van der Waals surface area contributed by atoms with E-state index in [1.165, 1.54) is 44.2 Å². The maximum atomic E-state index is 13.3. The highest BCUT2D eigenvalue weighted by Crippen LogP contribution is 2.41. The molecule has 3 aromatic carbocycles.